The first-order valence-corrected chi connectivity index (χ1v) is 7.08. The zero-order chi connectivity index (χ0) is 16.7. The minimum Gasteiger partial charge on any atom is -0.460 e. The molecule has 6 nitrogen and oxygen atoms in total. The molecule has 0 spiro atoms. The standard InChI is InChI=1S/C15H27NO5/c1-14(2,3)20-12(18)8-7-9-16(10-11-17)13(19)21-15(4,5)6/h11H,7-10H2,1-6H3. The van der Waals surface area contributed by atoms with E-state index in [1.54, 1.807) is 41.5 Å². The van der Waals surface area contributed by atoms with Gasteiger partial charge in [0.25, 0.3) is 0 Å². The number of aldehydes is 1. The fraction of sp³-hybridized carbons (Fsp3) is 0.800. The zero-order valence-corrected chi connectivity index (χ0v) is 13.9. The van der Waals surface area contributed by atoms with Crippen molar-refractivity contribution in [3.8, 4) is 0 Å². The third-order valence-corrected chi connectivity index (χ3v) is 2.18. The number of nitrogens with zero attached hydrogens (tertiary/aromatic N) is 1. The Morgan fingerprint density at radius 1 is 1.00 bits per heavy atom. The van der Waals surface area contributed by atoms with Gasteiger partial charge in [0.05, 0.1) is 6.54 Å². The highest BCUT2D eigenvalue weighted by atomic mass is 16.6. The number of hydrogen-bond donors (Lipinski definition) is 0. The first-order chi connectivity index (χ1) is 9.44. The van der Waals surface area contributed by atoms with Gasteiger partial charge in [0.1, 0.15) is 17.5 Å². The van der Waals surface area contributed by atoms with Gasteiger partial charge in [-0.05, 0) is 48.0 Å². The second kappa shape index (κ2) is 8.00. The number of ether oxygens (including phenoxy) is 2. The van der Waals surface area contributed by atoms with Crippen LogP contribution in [0.4, 0.5) is 4.79 Å². The van der Waals surface area contributed by atoms with Crippen molar-refractivity contribution in [2.24, 2.45) is 0 Å². The number of amides is 1. The molecule has 21 heavy (non-hydrogen) atoms. The molecule has 6 heteroatoms. The van der Waals surface area contributed by atoms with E-state index < -0.39 is 17.3 Å². The molecular weight excluding hydrogens is 274 g/mol. The minimum absolute atomic E-state index is 0.0523. The van der Waals surface area contributed by atoms with Crippen LogP contribution in [0.3, 0.4) is 0 Å². The fourth-order valence-corrected chi connectivity index (χ4v) is 1.48. The van der Waals surface area contributed by atoms with Crippen LogP contribution in [0.1, 0.15) is 54.4 Å². The average molecular weight is 301 g/mol. The van der Waals surface area contributed by atoms with E-state index in [1.165, 1.54) is 4.90 Å². The van der Waals surface area contributed by atoms with Gasteiger partial charge in [0, 0.05) is 13.0 Å². The van der Waals surface area contributed by atoms with E-state index in [1.807, 2.05) is 0 Å². The smallest absolute Gasteiger partial charge is 0.410 e. The average Bonchev–Trinajstić information content (AvgIpc) is 2.22. The lowest BCUT2D eigenvalue weighted by Crippen LogP contribution is -2.38. The molecule has 0 radical (unpaired) electrons. The van der Waals surface area contributed by atoms with Gasteiger partial charge >= 0.3 is 12.1 Å². The Bertz CT molecular complexity index is 365. The molecule has 0 saturated heterocycles. The molecule has 0 aliphatic heterocycles. The molecule has 0 rings (SSSR count). The van der Waals surface area contributed by atoms with Crippen molar-refractivity contribution in [1.82, 2.24) is 4.90 Å². The molecule has 0 saturated carbocycles. The summed E-state index contributed by atoms with van der Waals surface area (Å²) in [6, 6.07) is 0. The van der Waals surface area contributed by atoms with E-state index in [-0.39, 0.29) is 25.5 Å². The van der Waals surface area contributed by atoms with Crippen molar-refractivity contribution in [3.63, 3.8) is 0 Å². The summed E-state index contributed by atoms with van der Waals surface area (Å²) in [7, 11) is 0. The molecule has 0 aromatic heterocycles. The van der Waals surface area contributed by atoms with E-state index in [0.29, 0.717) is 12.7 Å². The highest BCUT2D eigenvalue weighted by Crippen LogP contribution is 2.12. The van der Waals surface area contributed by atoms with Crippen LogP contribution in [0.2, 0.25) is 0 Å². The Kier molecular flexibility index (Phi) is 7.39. The largest absolute Gasteiger partial charge is 0.460 e. The van der Waals surface area contributed by atoms with Crippen LogP contribution in [0.5, 0.6) is 0 Å². The first-order valence-electron chi connectivity index (χ1n) is 7.08. The van der Waals surface area contributed by atoms with Gasteiger partial charge < -0.3 is 19.2 Å². The molecule has 0 aliphatic rings. The Morgan fingerprint density at radius 3 is 1.95 bits per heavy atom. The van der Waals surface area contributed by atoms with E-state index in [2.05, 4.69) is 0 Å². The van der Waals surface area contributed by atoms with Crippen LogP contribution >= 0.6 is 0 Å². The second-order valence-corrected chi connectivity index (χ2v) is 6.78. The van der Waals surface area contributed by atoms with Crippen LogP contribution in [0.15, 0.2) is 0 Å². The van der Waals surface area contributed by atoms with Gasteiger partial charge in [0.2, 0.25) is 0 Å². The van der Waals surface area contributed by atoms with Gasteiger partial charge in [-0.3, -0.25) is 4.79 Å². The van der Waals surface area contributed by atoms with Crippen LogP contribution in [-0.2, 0) is 19.1 Å². The lowest BCUT2D eigenvalue weighted by atomic mass is 10.2. The Morgan fingerprint density at radius 2 is 1.52 bits per heavy atom. The van der Waals surface area contributed by atoms with E-state index in [9.17, 15) is 14.4 Å². The summed E-state index contributed by atoms with van der Waals surface area (Å²) >= 11 is 0. The van der Waals surface area contributed by atoms with Crippen molar-refractivity contribution >= 4 is 18.3 Å². The molecule has 0 N–H and O–H groups in total. The third kappa shape index (κ3) is 10.8. The summed E-state index contributed by atoms with van der Waals surface area (Å²) in [6.45, 7) is 10.9. The van der Waals surface area contributed by atoms with Gasteiger partial charge in [0.15, 0.2) is 0 Å². The Hall–Kier alpha value is -1.59. The van der Waals surface area contributed by atoms with Crippen molar-refractivity contribution < 1.29 is 23.9 Å². The molecular formula is C15H27NO5. The fourth-order valence-electron chi connectivity index (χ4n) is 1.48. The maximum atomic E-state index is 11.9. The molecule has 0 heterocycles. The van der Waals surface area contributed by atoms with Crippen molar-refractivity contribution in [2.75, 3.05) is 13.1 Å². The predicted octanol–water partition coefficient (Wildman–Crippen LogP) is 2.54. The Balaban J connectivity index is 4.31. The first kappa shape index (κ1) is 19.4. The molecule has 0 aromatic carbocycles. The van der Waals surface area contributed by atoms with Crippen LogP contribution in [0, 0.1) is 0 Å². The van der Waals surface area contributed by atoms with E-state index in [0.717, 1.165) is 0 Å². The van der Waals surface area contributed by atoms with Crippen molar-refractivity contribution in [1.29, 1.82) is 0 Å². The maximum Gasteiger partial charge on any atom is 0.410 e. The summed E-state index contributed by atoms with van der Waals surface area (Å²) < 4.78 is 10.4. The SMILES string of the molecule is CC(C)(C)OC(=O)CCCN(CC=O)C(=O)OC(C)(C)C. The molecule has 0 aliphatic carbocycles. The predicted molar refractivity (Wildman–Crippen MR) is 79.0 cm³/mol. The lowest BCUT2D eigenvalue weighted by molar-refractivity contribution is -0.155. The number of carbonyl (C=O) groups is 3. The summed E-state index contributed by atoms with van der Waals surface area (Å²) in [6.07, 6.45) is 0.688. The maximum absolute atomic E-state index is 11.9. The number of hydrogen-bond acceptors (Lipinski definition) is 5. The van der Waals surface area contributed by atoms with Gasteiger partial charge in [-0.25, -0.2) is 4.79 Å². The second-order valence-electron chi connectivity index (χ2n) is 6.78. The van der Waals surface area contributed by atoms with E-state index >= 15 is 0 Å². The van der Waals surface area contributed by atoms with Crippen molar-refractivity contribution in [2.45, 2.75) is 65.6 Å². The zero-order valence-electron chi connectivity index (χ0n) is 13.9. The molecule has 122 valence electrons. The topological polar surface area (TPSA) is 72.9 Å². The highest BCUT2D eigenvalue weighted by Gasteiger charge is 2.22. The molecule has 1 amide bonds. The van der Waals surface area contributed by atoms with Gasteiger partial charge in [-0.1, -0.05) is 0 Å². The molecule has 0 fully saturated rings. The molecule has 0 atom stereocenters. The van der Waals surface area contributed by atoms with Gasteiger partial charge in [-0.2, -0.15) is 0 Å². The van der Waals surface area contributed by atoms with Gasteiger partial charge in [-0.15, -0.1) is 0 Å². The molecule has 0 bridgehead atoms. The summed E-state index contributed by atoms with van der Waals surface area (Å²) in [5.74, 6) is -0.322. The van der Waals surface area contributed by atoms with Crippen molar-refractivity contribution in [3.05, 3.63) is 0 Å². The van der Waals surface area contributed by atoms with Crippen LogP contribution < -0.4 is 0 Å². The van der Waals surface area contributed by atoms with Crippen LogP contribution in [-0.4, -0.2) is 47.5 Å². The lowest BCUT2D eigenvalue weighted by Gasteiger charge is -2.26. The number of rotatable bonds is 6. The normalized spacial score (nSPS) is 11.7. The summed E-state index contributed by atoms with van der Waals surface area (Å²) in [5.41, 5.74) is -1.14. The molecule has 0 unspecified atom stereocenters. The quantitative estimate of drug-likeness (QED) is 0.557. The summed E-state index contributed by atoms with van der Waals surface area (Å²) in [4.78, 5) is 35.4. The number of esters is 1. The third-order valence-electron chi connectivity index (χ3n) is 2.18. The van der Waals surface area contributed by atoms with Crippen LogP contribution in [0.25, 0.3) is 0 Å². The molecule has 0 aromatic rings. The summed E-state index contributed by atoms with van der Waals surface area (Å²) in [5, 5.41) is 0. The Labute approximate surface area is 126 Å². The number of carbonyl (C=O) groups excluding carboxylic acids is 3. The van der Waals surface area contributed by atoms with E-state index in [4.69, 9.17) is 9.47 Å². The highest BCUT2D eigenvalue weighted by molar-refractivity contribution is 5.72. The monoisotopic (exact) mass is 301 g/mol. The minimum atomic E-state index is -0.622.